The van der Waals surface area contributed by atoms with Crippen LogP contribution in [0.4, 0.5) is 0 Å². The summed E-state index contributed by atoms with van der Waals surface area (Å²) in [5, 5.41) is 3.19. The molecule has 0 aromatic rings. The van der Waals surface area contributed by atoms with Crippen molar-refractivity contribution in [1.29, 1.82) is 0 Å². The largest absolute Gasteiger partial charge is 0.319 e. The summed E-state index contributed by atoms with van der Waals surface area (Å²) in [6, 6.07) is 0. The monoisotopic (exact) mass is 303 g/mol. The highest BCUT2D eigenvalue weighted by Gasteiger charge is 2.37. The van der Waals surface area contributed by atoms with Crippen LogP contribution in [-0.4, -0.2) is 56.8 Å². The van der Waals surface area contributed by atoms with Crippen LogP contribution in [0.25, 0.3) is 0 Å². The maximum atomic E-state index is 12.7. The molecule has 2 aliphatic rings. The smallest absolute Gasteiger partial charge is 0.281 e. The Balaban J connectivity index is 1.97. The van der Waals surface area contributed by atoms with Crippen molar-refractivity contribution in [2.24, 2.45) is 11.3 Å². The van der Waals surface area contributed by atoms with Crippen LogP contribution in [0.2, 0.25) is 0 Å². The van der Waals surface area contributed by atoms with E-state index in [1.807, 2.05) is 7.05 Å². The number of hydrogen-bond acceptors (Lipinski definition) is 3. The Kier molecular flexibility index (Phi) is 5.10. The van der Waals surface area contributed by atoms with Gasteiger partial charge in [0.25, 0.3) is 10.2 Å². The molecule has 2 aliphatic heterocycles. The van der Waals surface area contributed by atoms with Gasteiger partial charge in [-0.2, -0.15) is 17.0 Å². The van der Waals surface area contributed by atoms with Crippen molar-refractivity contribution < 1.29 is 8.42 Å². The molecule has 0 bridgehead atoms. The third kappa shape index (κ3) is 3.72. The Morgan fingerprint density at radius 1 is 1.15 bits per heavy atom. The standard InChI is InChI=1S/C14H29N3O2S/c1-14(2)7-4-8-17(12-14)20(18,19)16-9-5-13(6-10-16)11-15-3/h13,15H,4-12H2,1-3H3. The second kappa shape index (κ2) is 6.30. The topological polar surface area (TPSA) is 52.7 Å². The van der Waals surface area contributed by atoms with E-state index in [2.05, 4.69) is 19.2 Å². The fourth-order valence-electron chi connectivity index (χ4n) is 3.36. The Morgan fingerprint density at radius 2 is 1.80 bits per heavy atom. The van der Waals surface area contributed by atoms with Crippen LogP contribution in [0.3, 0.4) is 0 Å². The fraction of sp³-hybridized carbons (Fsp3) is 1.00. The molecule has 2 fully saturated rings. The second-order valence-electron chi connectivity index (χ2n) is 7.01. The third-order valence-electron chi connectivity index (χ3n) is 4.58. The van der Waals surface area contributed by atoms with Gasteiger partial charge in [0.15, 0.2) is 0 Å². The minimum atomic E-state index is -3.25. The third-order valence-corrected chi connectivity index (χ3v) is 6.57. The Morgan fingerprint density at radius 3 is 2.35 bits per heavy atom. The first-order valence-corrected chi connectivity index (χ1v) is 9.15. The molecule has 0 amide bonds. The van der Waals surface area contributed by atoms with Gasteiger partial charge in [-0.1, -0.05) is 13.8 Å². The van der Waals surface area contributed by atoms with E-state index in [1.165, 1.54) is 0 Å². The first-order valence-electron chi connectivity index (χ1n) is 7.75. The van der Waals surface area contributed by atoms with Crippen molar-refractivity contribution in [3.05, 3.63) is 0 Å². The molecule has 1 N–H and O–H groups in total. The van der Waals surface area contributed by atoms with Crippen molar-refractivity contribution in [2.75, 3.05) is 39.8 Å². The zero-order chi connectivity index (χ0) is 14.8. The predicted molar refractivity (Wildman–Crippen MR) is 81.7 cm³/mol. The molecule has 0 aromatic carbocycles. The second-order valence-corrected chi connectivity index (χ2v) is 8.94. The summed E-state index contributed by atoms with van der Waals surface area (Å²) in [4.78, 5) is 0. The van der Waals surface area contributed by atoms with Crippen LogP contribution in [-0.2, 0) is 10.2 Å². The van der Waals surface area contributed by atoms with Gasteiger partial charge in [-0.15, -0.1) is 0 Å². The molecular weight excluding hydrogens is 274 g/mol. The summed E-state index contributed by atoms with van der Waals surface area (Å²) in [7, 11) is -1.29. The number of rotatable bonds is 4. The fourth-order valence-corrected chi connectivity index (χ4v) is 5.23. The molecule has 0 atom stereocenters. The Bertz CT molecular complexity index is 414. The van der Waals surface area contributed by atoms with Gasteiger partial charge in [-0.3, -0.25) is 0 Å². The molecule has 5 nitrogen and oxygen atoms in total. The summed E-state index contributed by atoms with van der Waals surface area (Å²) >= 11 is 0. The van der Waals surface area contributed by atoms with Gasteiger partial charge in [0.05, 0.1) is 0 Å². The van der Waals surface area contributed by atoms with Gasteiger partial charge in [0.2, 0.25) is 0 Å². The molecular formula is C14H29N3O2S. The average molecular weight is 303 g/mol. The van der Waals surface area contributed by atoms with E-state index in [1.54, 1.807) is 8.61 Å². The number of hydrogen-bond donors (Lipinski definition) is 1. The number of piperidine rings is 2. The summed E-state index contributed by atoms with van der Waals surface area (Å²) in [6.07, 6.45) is 4.03. The van der Waals surface area contributed by atoms with Crippen LogP contribution in [0.5, 0.6) is 0 Å². The molecule has 2 heterocycles. The molecule has 0 unspecified atom stereocenters. The predicted octanol–water partition coefficient (Wildman–Crippen LogP) is 1.28. The highest BCUT2D eigenvalue weighted by atomic mass is 32.2. The van der Waals surface area contributed by atoms with E-state index in [0.717, 1.165) is 32.2 Å². The summed E-state index contributed by atoms with van der Waals surface area (Å²) < 4.78 is 28.9. The summed E-state index contributed by atoms with van der Waals surface area (Å²) in [6.45, 7) is 8.00. The maximum absolute atomic E-state index is 12.7. The van der Waals surface area contributed by atoms with Crippen molar-refractivity contribution in [1.82, 2.24) is 13.9 Å². The average Bonchev–Trinajstić information content (AvgIpc) is 2.38. The zero-order valence-electron chi connectivity index (χ0n) is 13.1. The van der Waals surface area contributed by atoms with Gasteiger partial charge in [0.1, 0.15) is 0 Å². The van der Waals surface area contributed by atoms with E-state index < -0.39 is 10.2 Å². The lowest BCUT2D eigenvalue weighted by molar-refractivity contribution is 0.170. The summed E-state index contributed by atoms with van der Waals surface area (Å²) in [5.74, 6) is 0.615. The first-order chi connectivity index (χ1) is 9.35. The summed E-state index contributed by atoms with van der Waals surface area (Å²) in [5.41, 5.74) is 0.107. The van der Waals surface area contributed by atoms with Gasteiger partial charge < -0.3 is 5.32 Å². The van der Waals surface area contributed by atoms with Crippen LogP contribution in [0.15, 0.2) is 0 Å². The molecule has 0 aromatic heterocycles. The highest BCUT2D eigenvalue weighted by molar-refractivity contribution is 7.86. The van der Waals surface area contributed by atoms with Crippen LogP contribution in [0, 0.1) is 11.3 Å². The quantitative estimate of drug-likeness (QED) is 0.851. The molecule has 20 heavy (non-hydrogen) atoms. The SMILES string of the molecule is CNCC1CCN(S(=O)(=O)N2CCCC(C)(C)C2)CC1. The first kappa shape index (κ1) is 16.2. The van der Waals surface area contributed by atoms with Crippen molar-refractivity contribution >= 4 is 10.2 Å². The molecule has 118 valence electrons. The van der Waals surface area contributed by atoms with Gasteiger partial charge in [-0.05, 0) is 50.6 Å². The molecule has 0 spiro atoms. The highest BCUT2D eigenvalue weighted by Crippen LogP contribution is 2.31. The van der Waals surface area contributed by atoms with Crippen molar-refractivity contribution in [3.63, 3.8) is 0 Å². The Hall–Kier alpha value is -0.170. The number of nitrogens with zero attached hydrogens (tertiary/aromatic N) is 2. The Labute approximate surface area is 123 Å². The van der Waals surface area contributed by atoms with E-state index in [4.69, 9.17) is 0 Å². The molecule has 2 rings (SSSR count). The van der Waals surface area contributed by atoms with Gasteiger partial charge >= 0.3 is 0 Å². The minimum Gasteiger partial charge on any atom is -0.319 e. The molecule has 0 aliphatic carbocycles. The normalized spacial score (nSPS) is 26.8. The van der Waals surface area contributed by atoms with E-state index in [9.17, 15) is 8.42 Å². The van der Waals surface area contributed by atoms with E-state index >= 15 is 0 Å². The lowest BCUT2D eigenvalue weighted by Crippen LogP contribution is -2.52. The molecule has 2 saturated heterocycles. The molecule has 0 saturated carbocycles. The van der Waals surface area contributed by atoms with E-state index in [-0.39, 0.29) is 5.41 Å². The van der Waals surface area contributed by atoms with Crippen molar-refractivity contribution in [2.45, 2.75) is 39.5 Å². The lowest BCUT2D eigenvalue weighted by Gasteiger charge is -2.41. The molecule has 0 radical (unpaired) electrons. The van der Waals surface area contributed by atoms with Gasteiger partial charge in [0, 0.05) is 26.2 Å². The van der Waals surface area contributed by atoms with Crippen LogP contribution >= 0.6 is 0 Å². The van der Waals surface area contributed by atoms with E-state index in [0.29, 0.717) is 32.1 Å². The van der Waals surface area contributed by atoms with Crippen molar-refractivity contribution in [3.8, 4) is 0 Å². The maximum Gasteiger partial charge on any atom is 0.281 e. The lowest BCUT2D eigenvalue weighted by atomic mass is 9.85. The van der Waals surface area contributed by atoms with Crippen LogP contribution in [0.1, 0.15) is 39.5 Å². The number of nitrogens with one attached hydrogen (secondary N) is 1. The van der Waals surface area contributed by atoms with Gasteiger partial charge in [-0.25, -0.2) is 0 Å². The zero-order valence-corrected chi connectivity index (χ0v) is 13.9. The molecule has 6 heteroatoms. The minimum absolute atomic E-state index is 0.107. The van der Waals surface area contributed by atoms with Crippen LogP contribution < -0.4 is 5.32 Å².